The lowest BCUT2D eigenvalue weighted by molar-refractivity contribution is 0.371. The Balaban J connectivity index is 1.53. The average Bonchev–Trinajstić information content (AvgIpc) is 2.92. The van der Waals surface area contributed by atoms with Crippen molar-refractivity contribution in [3.05, 3.63) is 47.0 Å². The first-order valence-electron chi connectivity index (χ1n) is 9.45. The Hall–Kier alpha value is -2.57. The number of nitrogens with zero attached hydrogens (tertiary/aromatic N) is 5. The molecule has 1 aliphatic heterocycles. The van der Waals surface area contributed by atoms with Crippen molar-refractivity contribution in [3.8, 4) is 0 Å². The minimum atomic E-state index is -0.157. The van der Waals surface area contributed by atoms with Crippen molar-refractivity contribution in [2.24, 2.45) is 12.0 Å². The molecule has 2 aromatic rings. The second-order valence-corrected chi connectivity index (χ2v) is 6.92. The summed E-state index contributed by atoms with van der Waals surface area (Å²) in [5.41, 5.74) is 4.28. The van der Waals surface area contributed by atoms with Crippen molar-refractivity contribution in [1.29, 1.82) is 0 Å². The number of hydrogen-bond acceptors (Lipinski definition) is 3. The highest BCUT2D eigenvalue weighted by Crippen LogP contribution is 2.20. The molecule has 0 bridgehead atoms. The molecule has 0 spiro atoms. The first-order chi connectivity index (χ1) is 13.0. The number of piperazine rings is 1. The minimum absolute atomic E-state index is 0.157. The zero-order valence-corrected chi connectivity index (χ0v) is 16.7. The largest absolute Gasteiger partial charge is 0.366 e. The number of anilines is 1. The summed E-state index contributed by atoms with van der Waals surface area (Å²) >= 11 is 0. The molecule has 27 heavy (non-hydrogen) atoms. The van der Waals surface area contributed by atoms with Gasteiger partial charge in [-0.3, -0.25) is 9.67 Å². The number of guanidine groups is 1. The van der Waals surface area contributed by atoms with Crippen LogP contribution in [0.25, 0.3) is 0 Å². The fraction of sp³-hybridized carbons (Fsp3) is 0.500. The second-order valence-electron chi connectivity index (χ2n) is 6.92. The fourth-order valence-corrected chi connectivity index (χ4v) is 3.68. The van der Waals surface area contributed by atoms with Crippen LogP contribution in [0, 0.1) is 19.7 Å². The fourth-order valence-electron chi connectivity index (χ4n) is 3.68. The van der Waals surface area contributed by atoms with Crippen LogP contribution in [0.4, 0.5) is 10.1 Å². The van der Waals surface area contributed by atoms with E-state index in [1.165, 1.54) is 17.3 Å². The molecule has 0 aliphatic carbocycles. The van der Waals surface area contributed by atoms with Crippen molar-refractivity contribution in [2.75, 3.05) is 44.7 Å². The second kappa shape index (κ2) is 8.41. The van der Waals surface area contributed by atoms with Crippen LogP contribution in [-0.2, 0) is 13.5 Å². The van der Waals surface area contributed by atoms with Crippen molar-refractivity contribution in [1.82, 2.24) is 20.0 Å². The predicted octanol–water partition coefficient (Wildman–Crippen LogP) is 2.12. The third-order valence-corrected chi connectivity index (χ3v) is 5.30. The Labute approximate surface area is 160 Å². The number of rotatable bonds is 4. The smallest absolute Gasteiger partial charge is 0.193 e. The summed E-state index contributed by atoms with van der Waals surface area (Å²) < 4.78 is 15.9. The van der Waals surface area contributed by atoms with E-state index >= 15 is 0 Å². The monoisotopic (exact) mass is 372 g/mol. The van der Waals surface area contributed by atoms with Gasteiger partial charge < -0.3 is 15.1 Å². The van der Waals surface area contributed by atoms with Gasteiger partial charge in [0.1, 0.15) is 5.82 Å². The maximum Gasteiger partial charge on any atom is 0.193 e. The molecule has 2 heterocycles. The molecule has 0 saturated carbocycles. The molecule has 1 N–H and O–H groups in total. The van der Waals surface area contributed by atoms with Crippen molar-refractivity contribution in [3.63, 3.8) is 0 Å². The van der Waals surface area contributed by atoms with E-state index in [0.717, 1.165) is 50.8 Å². The summed E-state index contributed by atoms with van der Waals surface area (Å²) in [7, 11) is 3.79. The van der Waals surface area contributed by atoms with Crippen molar-refractivity contribution in [2.45, 2.75) is 20.3 Å². The molecule has 7 heteroatoms. The summed E-state index contributed by atoms with van der Waals surface area (Å²) in [5.74, 6) is 0.748. The number of para-hydroxylation sites is 1. The maximum atomic E-state index is 14.0. The molecule has 0 unspecified atom stereocenters. The quantitative estimate of drug-likeness (QED) is 0.660. The standard InChI is InChI=1S/C20H29FN6/c1-15-17(16(2)25(4)24-15)9-10-23-20(22-3)27-13-11-26(12-14-27)19-8-6-5-7-18(19)21/h5-8H,9-14H2,1-4H3,(H,22,23). The highest BCUT2D eigenvalue weighted by atomic mass is 19.1. The Morgan fingerprint density at radius 2 is 1.89 bits per heavy atom. The van der Waals surface area contributed by atoms with E-state index in [-0.39, 0.29) is 5.82 Å². The van der Waals surface area contributed by atoms with Gasteiger partial charge >= 0.3 is 0 Å². The van der Waals surface area contributed by atoms with Crippen LogP contribution in [-0.4, -0.2) is 60.4 Å². The minimum Gasteiger partial charge on any atom is -0.366 e. The lowest BCUT2D eigenvalue weighted by Crippen LogP contribution is -2.53. The van der Waals surface area contributed by atoms with E-state index < -0.39 is 0 Å². The third kappa shape index (κ3) is 4.23. The average molecular weight is 372 g/mol. The topological polar surface area (TPSA) is 48.7 Å². The van der Waals surface area contributed by atoms with Crippen LogP contribution in [0.15, 0.2) is 29.3 Å². The predicted molar refractivity (Wildman–Crippen MR) is 108 cm³/mol. The summed E-state index contributed by atoms with van der Waals surface area (Å²) in [6.45, 7) is 8.17. The van der Waals surface area contributed by atoms with Crippen LogP contribution in [0.3, 0.4) is 0 Å². The Kier molecular flexibility index (Phi) is 5.98. The van der Waals surface area contributed by atoms with E-state index in [4.69, 9.17) is 0 Å². The van der Waals surface area contributed by atoms with E-state index in [1.54, 1.807) is 6.07 Å². The Morgan fingerprint density at radius 3 is 2.48 bits per heavy atom. The van der Waals surface area contributed by atoms with Crippen molar-refractivity contribution >= 4 is 11.6 Å². The van der Waals surface area contributed by atoms with Gasteiger partial charge in [-0.1, -0.05) is 12.1 Å². The first-order valence-corrected chi connectivity index (χ1v) is 9.45. The van der Waals surface area contributed by atoms with Gasteiger partial charge in [0, 0.05) is 52.5 Å². The number of aliphatic imine (C=N–C) groups is 1. The highest BCUT2D eigenvalue weighted by Gasteiger charge is 2.21. The number of benzene rings is 1. The third-order valence-electron chi connectivity index (χ3n) is 5.30. The molecule has 1 fully saturated rings. The molecule has 146 valence electrons. The van der Waals surface area contributed by atoms with Crippen LogP contribution in [0.1, 0.15) is 17.0 Å². The molecular weight excluding hydrogens is 343 g/mol. The van der Waals surface area contributed by atoms with Gasteiger partial charge in [0.15, 0.2) is 5.96 Å². The van der Waals surface area contributed by atoms with Crippen molar-refractivity contribution < 1.29 is 4.39 Å². The van der Waals surface area contributed by atoms with Gasteiger partial charge in [0.25, 0.3) is 0 Å². The zero-order valence-electron chi connectivity index (χ0n) is 16.7. The number of aryl methyl sites for hydroxylation is 2. The highest BCUT2D eigenvalue weighted by molar-refractivity contribution is 5.80. The van der Waals surface area contributed by atoms with Crippen LogP contribution >= 0.6 is 0 Å². The van der Waals surface area contributed by atoms with E-state index in [2.05, 4.69) is 39.1 Å². The van der Waals surface area contributed by atoms with Gasteiger partial charge in [0.05, 0.1) is 11.4 Å². The van der Waals surface area contributed by atoms with Gasteiger partial charge in [-0.2, -0.15) is 5.10 Å². The molecule has 1 saturated heterocycles. The number of aromatic nitrogens is 2. The molecule has 1 aliphatic rings. The molecular formula is C20H29FN6. The van der Waals surface area contributed by atoms with Crippen LogP contribution in [0.2, 0.25) is 0 Å². The molecule has 6 nitrogen and oxygen atoms in total. The van der Waals surface area contributed by atoms with Crippen LogP contribution in [0.5, 0.6) is 0 Å². The van der Waals surface area contributed by atoms with Gasteiger partial charge in [0.2, 0.25) is 0 Å². The number of halogens is 1. The van der Waals surface area contributed by atoms with Gasteiger partial charge in [-0.05, 0) is 38.0 Å². The molecule has 1 aromatic carbocycles. The lowest BCUT2D eigenvalue weighted by atomic mass is 10.1. The molecule has 0 amide bonds. The SMILES string of the molecule is CN=C(NCCc1c(C)nn(C)c1C)N1CCN(c2ccccc2F)CC1. The summed E-state index contributed by atoms with van der Waals surface area (Å²) in [6.07, 6.45) is 0.916. The number of nitrogens with one attached hydrogen (secondary N) is 1. The van der Waals surface area contributed by atoms with Gasteiger partial charge in [-0.15, -0.1) is 0 Å². The zero-order chi connectivity index (χ0) is 19.4. The van der Waals surface area contributed by atoms with Gasteiger partial charge in [-0.25, -0.2) is 4.39 Å². The Bertz CT molecular complexity index is 805. The summed E-state index contributed by atoms with van der Waals surface area (Å²) in [5, 5.41) is 7.94. The maximum absolute atomic E-state index is 14.0. The van der Waals surface area contributed by atoms with E-state index in [9.17, 15) is 4.39 Å². The molecule has 0 radical (unpaired) electrons. The van der Waals surface area contributed by atoms with E-state index in [1.807, 2.05) is 30.9 Å². The molecule has 0 atom stereocenters. The summed E-state index contributed by atoms with van der Waals surface area (Å²) in [4.78, 5) is 8.76. The molecule has 1 aromatic heterocycles. The Morgan fingerprint density at radius 1 is 1.19 bits per heavy atom. The lowest BCUT2D eigenvalue weighted by Gasteiger charge is -2.37. The normalized spacial score (nSPS) is 15.4. The number of hydrogen-bond donors (Lipinski definition) is 1. The van der Waals surface area contributed by atoms with E-state index in [0.29, 0.717) is 5.69 Å². The first kappa shape index (κ1) is 19.2. The van der Waals surface area contributed by atoms with Crippen LogP contribution < -0.4 is 10.2 Å². The molecule has 3 rings (SSSR count). The summed E-state index contributed by atoms with van der Waals surface area (Å²) in [6, 6.07) is 6.97.